The lowest BCUT2D eigenvalue weighted by Gasteiger charge is -2.16. The Balaban J connectivity index is 3.00. The summed E-state index contributed by atoms with van der Waals surface area (Å²) in [7, 11) is 0. The molecule has 2 nitrogen and oxygen atoms in total. The predicted molar refractivity (Wildman–Crippen MR) is 52.0 cm³/mol. The number of hydrazine groups is 1. The zero-order valence-electron chi connectivity index (χ0n) is 8.22. The Bertz CT molecular complexity index is 313. The zero-order valence-corrected chi connectivity index (χ0v) is 8.22. The number of halogens is 2. The van der Waals surface area contributed by atoms with Gasteiger partial charge in [-0.1, -0.05) is 18.2 Å². The van der Waals surface area contributed by atoms with Crippen LogP contribution >= 0.6 is 0 Å². The van der Waals surface area contributed by atoms with Crippen LogP contribution in [0.3, 0.4) is 0 Å². The maximum Gasteiger partial charge on any atom is 0.259 e. The molecule has 1 atom stereocenters. The number of alkyl halides is 2. The SMILES string of the molecule is Cc1ccc(C(NN)C(F)F)cc1C. The van der Waals surface area contributed by atoms with Crippen molar-refractivity contribution in [1.29, 1.82) is 0 Å². The van der Waals surface area contributed by atoms with Gasteiger partial charge in [0.2, 0.25) is 0 Å². The molecule has 0 saturated carbocycles. The molecule has 0 bridgehead atoms. The van der Waals surface area contributed by atoms with Crippen molar-refractivity contribution in [3.8, 4) is 0 Å². The molecule has 0 aromatic heterocycles. The quantitative estimate of drug-likeness (QED) is 0.579. The second-order valence-corrected chi connectivity index (χ2v) is 3.32. The Hall–Kier alpha value is -1.00. The summed E-state index contributed by atoms with van der Waals surface area (Å²) in [6, 6.07) is 4.12. The highest BCUT2D eigenvalue weighted by Gasteiger charge is 2.20. The molecule has 4 heteroatoms. The number of benzene rings is 1. The number of rotatable bonds is 3. The Morgan fingerprint density at radius 2 is 1.86 bits per heavy atom. The monoisotopic (exact) mass is 200 g/mol. The summed E-state index contributed by atoms with van der Waals surface area (Å²) in [5, 5.41) is 0. The smallest absolute Gasteiger partial charge is 0.259 e. The van der Waals surface area contributed by atoms with E-state index in [0.29, 0.717) is 5.56 Å². The number of nitrogens with two attached hydrogens (primary N) is 1. The van der Waals surface area contributed by atoms with E-state index < -0.39 is 12.5 Å². The van der Waals surface area contributed by atoms with Crippen molar-refractivity contribution in [1.82, 2.24) is 5.43 Å². The summed E-state index contributed by atoms with van der Waals surface area (Å²) in [5.74, 6) is 5.06. The first-order valence-corrected chi connectivity index (χ1v) is 4.37. The van der Waals surface area contributed by atoms with Gasteiger partial charge in [0.25, 0.3) is 6.43 Å². The largest absolute Gasteiger partial charge is 0.271 e. The molecule has 0 radical (unpaired) electrons. The van der Waals surface area contributed by atoms with E-state index >= 15 is 0 Å². The molecule has 1 aromatic carbocycles. The van der Waals surface area contributed by atoms with Crippen LogP contribution in [0.5, 0.6) is 0 Å². The van der Waals surface area contributed by atoms with Gasteiger partial charge in [0.05, 0.1) is 0 Å². The van der Waals surface area contributed by atoms with Crippen LogP contribution in [-0.2, 0) is 0 Å². The maximum atomic E-state index is 12.5. The average Bonchev–Trinajstić information content (AvgIpc) is 2.11. The number of hydrogen-bond acceptors (Lipinski definition) is 2. The van der Waals surface area contributed by atoms with E-state index in [2.05, 4.69) is 5.43 Å². The van der Waals surface area contributed by atoms with Gasteiger partial charge in [0, 0.05) is 0 Å². The molecule has 1 aromatic rings. The van der Waals surface area contributed by atoms with Crippen molar-refractivity contribution < 1.29 is 8.78 Å². The van der Waals surface area contributed by atoms with Gasteiger partial charge in [-0.2, -0.15) is 0 Å². The lowest BCUT2D eigenvalue weighted by Crippen LogP contribution is -2.32. The molecule has 0 spiro atoms. The lowest BCUT2D eigenvalue weighted by molar-refractivity contribution is 0.0986. The van der Waals surface area contributed by atoms with E-state index in [4.69, 9.17) is 5.84 Å². The normalized spacial score (nSPS) is 13.3. The van der Waals surface area contributed by atoms with E-state index in [9.17, 15) is 8.78 Å². The minimum atomic E-state index is -2.50. The number of hydrogen-bond donors (Lipinski definition) is 2. The molecule has 0 saturated heterocycles. The molecule has 0 aliphatic carbocycles. The molecule has 78 valence electrons. The van der Waals surface area contributed by atoms with E-state index in [1.807, 2.05) is 19.9 Å². The fraction of sp³-hybridized carbons (Fsp3) is 0.400. The average molecular weight is 200 g/mol. The highest BCUT2D eigenvalue weighted by atomic mass is 19.3. The minimum Gasteiger partial charge on any atom is -0.271 e. The van der Waals surface area contributed by atoms with Gasteiger partial charge in [-0.3, -0.25) is 5.84 Å². The number of nitrogens with one attached hydrogen (secondary N) is 1. The zero-order chi connectivity index (χ0) is 10.7. The van der Waals surface area contributed by atoms with E-state index in [-0.39, 0.29) is 0 Å². The Labute approximate surface area is 82.1 Å². The summed E-state index contributed by atoms with van der Waals surface area (Å²) >= 11 is 0. The lowest BCUT2D eigenvalue weighted by atomic mass is 10.0. The van der Waals surface area contributed by atoms with Crippen LogP contribution in [0.4, 0.5) is 8.78 Å². The Kier molecular flexibility index (Phi) is 3.55. The molecule has 14 heavy (non-hydrogen) atoms. The Morgan fingerprint density at radius 3 is 2.29 bits per heavy atom. The van der Waals surface area contributed by atoms with Gasteiger partial charge >= 0.3 is 0 Å². The van der Waals surface area contributed by atoms with E-state index in [1.54, 1.807) is 12.1 Å². The van der Waals surface area contributed by atoms with Crippen LogP contribution in [-0.4, -0.2) is 6.43 Å². The van der Waals surface area contributed by atoms with Gasteiger partial charge in [0.15, 0.2) is 0 Å². The Morgan fingerprint density at radius 1 is 1.21 bits per heavy atom. The third-order valence-electron chi connectivity index (χ3n) is 2.32. The molecule has 3 N–H and O–H groups in total. The van der Waals surface area contributed by atoms with Crippen LogP contribution in [0.15, 0.2) is 18.2 Å². The molecular formula is C10H14F2N2. The summed E-state index contributed by atoms with van der Waals surface area (Å²) in [4.78, 5) is 0. The van der Waals surface area contributed by atoms with Crippen molar-refractivity contribution >= 4 is 0 Å². The third kappa shape index (κ3) is 2.27. The molecule has 0 heterocycles. The van der Waals surface area contributed by atoms with Gasteiger partial charge in [0.1, 0.15) is 6.04 Å². The van der Waals surface area contributed by atoms with Gasteiger partial charge in [-0.15, -0.1) is 0 Å². The maximum absolute atomic E-state index is 12.5. The van der Waals surface area contributed by atoms with Crippen LogP contribution in [0.25, 0.3) is 0 Å². The second-order valence-electron chi connectivity index (χ2n) is 3.32. The first kappa shape index (κ1) is 11.1. The molecule has 1 unspecified atom stereocenters. The molecule has 0 amide bonds. The summed E-state index contributed by atoms with van der Waals surface area (Å²) in [6.45, 7) is 3.82. The van der Waals surface area contributed by atoms with Crippen molar-refractivity contribution in [3.05, 3.63) is 34.9 Å². The molecule has 0 aliphatic heterocycles. The van der Waals surface area contributed by atoms with Crippen molar-refractivity contribution in [3.63, 3.8) is 0 Å². The van der Waals surface area contributed by atoms with Crippen molar-refractivity contribution in [2.75, 3.05) is 0 Å². The second kappa shape index (κ2) is 4.48. The fourth-order valence-electron chi connectivity index (χ4n) is 1.27. The summed E-state index contributed by atoms with van der Waals surface area (Å²) in [6.07, 6.45) is -2.50. The molecule has 0 fully saturated rings. The molecule has 1 rings (SSSR count). The topological polar surface area (TPSA) is 38.0 Å². The highest BCUT2D eigenvalue weighted by Crippen LogP contribution is 2.21. The van der Waals surface area contributed by atoms with E-state index in [0.717, 1.165) is 11.1 Å². The third-order valence-corrected chi connectivity index (χ3v) is 2.32. The van der Waals surface area contributed by atoms with Crippen LogP contribution in [0, 0.1) is 13.8 Å². The highest BCUT2D eigenvalue weighted by molar-refractivity contribution is 5.31. The molecular weight excluding hydrogens is 186 g/mol. The van der Waals surface area contributed by atoms with Gasteiger partial charge in [-0.25, -0.2) is 14.2 Å². The van der Waals surface area contributed by atoms with Gasteiger partial charge < -0.3 is 0 Å². The van der Waals surface area contributed by atoms with E-state index in [1.165, 1.54) is 0 Å². The minimum absolute atomic E-state index is 0.519. The van der Waals surface area contributed by atoms with Crippen LogP contribution in [0.2, 0.25) is 0 Å². The number of aryl methyl sites for hydroxylation is 2. The van der Waals surface area contributed by atoms with Crippen LogP contribution in [0.1, 0.15) is 22.7 Å². The van der Waals surface area contributed by atoms with Gasteiger partial charge in [-0.05, 0) is 30.5 Å². The van der Waals surface area contributed by atoms with Crippen molar-refractivity contribution in [2.24, 2.45) is 5.84 Å². The summed E-state index contributed by atoms with van der Waals surface area (Å²) < 4.78 is 25.0. The summed E-state index contributed by atoms with van der Waals surface area (Å²) in [5.41, 5.74) is 4.71. The fourth-order valence-corrected chi connectivity index (χ4v) is 1.27. The predicted octanol–water partition coefficient (Wildman–Crippen LogP) is 2.07. The standard InChI is InChI=1S/C10H14F2N2/c1-6-3-4-8(5-7(6)2)9(14-13)10(11)12/h3-5,9-10,14H,13H2,1-2H3. The van der Waals surface area contributed by atoms with Crippen LogP contribution < -0.4 is 11.3 Å². The first-order valence-electron chi connectivity index (χ1n) is 4.37. The molecule has 0 aliphatic rings. The van der Waals surface area contributed by atoms with Crippen molar-refractivity contribution in [2.45, 2.75) is 26.3 Å². The first-order chi connectivity index (χ1) is 6.56.